The topological polar surface area (TPSA) is 88.0 Å². The zero-order valence-corrected chi connectivity index (χ0v) is 13.9. The Balaban J connectivity index is 1.92. The molecular formula is C18H18F3N3O2. The van der Waals surface area contributed by atoms with E-state index in [1.165, 1.54) is 12.1 Å². The Morgan fingerprint density at radius 1 is 1.15 bits per heavy atom. The van der Waals surface area contributed by atoms with Gasteiger partial charge in [-0.3, -0.25) is 9.59 Å². The number of benzene rings is 1. The van der Waals surface area contributed by atoms with Crippen LogP contribution in [0.2, 0.25) is 0 Å². The van der Waals surface area contributed by atoms with E-state index in [2.05, 4.69) is 10.3 Å². The summed E-state index contributed by atoms with van der Waals surface area (Å²) in [5.41, 5.74) is 5.77. The minimum atomic E-state index is -4.56. The summed E-state index contributed by atoms with van der Waals surface area (Å²) >= 11 is 0. The Labute approximate surface area is 147 Å². The first-order chi connectivity index (χ1) is 12.3. The predicted octanol–water partition coefficient (Wildman–Crippen LogP) is 2.98. The van der Waals surface area contributed by atoms with E-state index in [1.807, 2.05) is 0 Å². The van der Waals surface area contributed by atoms with Crippen LogP contribution in [0.3, 0.4) is 0 Å². The molecule has 0 unspecified atom stereocenters. The molecule has 0 atom stereocenters. The summed E-state index contributed by atoms with van der Waals surface area (Å²) in [6.07, 6.45) is -1.12. The van der Waals surface area contributed by atoms with Gasteiger partial charge in [0.15, 0.2) is 0 Å². The van der Waals surface area contributed by atoms with Crippen LogP contribution < -0.4 is 16.6 Å². The largest absolute Gasteiger partial charge is 0.416 e. The number of fused-ring (bicyclic) bond motifs is 1. The molecule has 3 rings (SSSR count). The van der Waals surface area contributed by atoms with Crippen molar-refractivity contribution in [2.45, 2.75) is 38.4 Å². The average Bonchev–Trinajstić information content (AvgIpc) is 2.59. The molecule has 0 saturated carbocycles. The van der Waals surface area contributed by atoms with E-state index in [0.29, 0.717) is 0 Å². The second kappa shape index (κ2) is 6.95. The number of amides is 1. The minimum Gasteiger partial charge on any atom is -0.326 e. The molecular weight excluding hydrogens is 347 g/mol. The van der Waals surface area contributed by atoms with Crippen LogP contribution in [0.1, 0.15) is 45.6 Å². The van der Waals surface area contributed by atoms with Crippen LogP contribution in [0.25, 0.3) is 0 Å². The van der Waals surface area contributed by atoms with E-state index in [0.717, 1.165) is 49.1 Å². The van der Waals surface area contributed by atoms with Crippen molar-refractivity contribution in [1.82, 2.24) is 4.98 Å². The Morgan fingerprint density at radius 3 is 2.58 bits per heavy atom. The number of aromatic nitrogens is 1. The van der Waals surface area contributed by atoms with E-state index in [1.54, 1.807) is 0 Å². The fraction of sp³-hybridized carbons (Fsp3) is 0.333. The monoisotopic (exact) mass is 365 g/mol. The van der Waals surface area contributed by atoms with Gasteiger partial charge in [0.2, 0.25) is 0 Å². The Bertz CT molecular complexity index is 904. The van der Waals surface area contributed by atoms with Crippen molar-refractivity contribution in [2.75, 3.05) is 5.32 Å². The Hall–Kier alpha value is -2.61. The number of rotatable bonds is 3. The van der Waals surface area contributed by atoms with E-state index in [4.69, 9.17) is 5.73 Å². The number of H-pyrrole nitrogens is 1. The standard InChI is InChI=1S/C18H18F3N3O2/c19-18(20,21)12-5-10(9-22)6-13(8-12)23-16(25)14-7-11-3-1-2-4-15(11)24-17(14)26/h5-8H,1-4,9,22H2,(H,23,25)(H,24,26). The number of nitrogens with two attached hydrogens (primary N) is 1. The van der Waals surface area contributed by atoms with Crippen LogP contribution in [-0.4, -0.2) is 10.9 Å². The number of nitrogens with one attached hydrogen (secondary N) is 2. The summed E-state index contributed by atoms with van der Waals surface area (Å²) in [7, 11) is 0. The molecule has 0 saturated heterocycles. The van der Waals surface area contributed by atoms with Crippen molar-refractivity contribution in [3.8, 4) is 0 Å². The zero-order chi connectivity index (χ0) is 18.9. The summed E-state index contributed by atoms with van der Waals surface area (Å²) in [5, 5.41) is 2.38. The molecule has 1 heterocycles. The van der Waals surface area contributed by atoms with Crippen LogP contribution in [-0.2, 0) is 25.6 Å². The van der Waals surface area contributed by atoms with Crippen LogP contribution in [0.4, 0.5) is 18.9 Å². The highest BCUT2D eigenvalue weighted by Gasteiger charge is 2.31. The summed E-state index contributed by atoms with van der Waals surface area (Å²) in [4.78, 5) is 27.3. The number of hydrogen-bond donors (Lipinski definition) is 3. The number of carbonyl (C=O) groups is 1. The molecule has 1 aliphatic rings. The van der Waals surface area contributed by atoms with Gasteiger partial charge in [0, 0.05) is 17.9 Å². The Kier molecular flexibility index (Phi) is 4.86. The molecule has 138 valence electrons. The van der Waals surface area contributed by atoms with Gasteiger partial charge in [-0.05, 0) is 61.1 Å². The molecule has 8 heteroatoms. The lowest BCUT2D eigenvalue weighted by molar-refractivity contribution is -0.137. The summed E-state index contributed by atoms with van der Waals surface area (Å²) in [6.45, 7) is -0.105. The van der Waals surface area contributed by atoms with E-state index >= 15 is 0 Å². The Morgan fingerprint density at radius 2 is 1.88 bits per heavy atom. The zero-order valence-electron chi connectivity index (χ0n) is 13.9. The van der Waals surface area contributed by atoms with Gasteiger partial charge in [-0.25, -0.2) is 0 Å². The molecule has 0 aliphatic heterocycles. The fourth-order valence-electron chi connectivity index (χ4n) is 3.09. The molecule has 1 aliphatic carbocycles. The number of halogens is 3. The summed E-state index contributed by atoms with van der Waals surface area (Å²) in [6, 6.07) is 4.64. The van der Waals surface area contributed by atoms with Crippen LogP contribution in [0, 0.1) is 0 Å². The minimum absolute atomic E-state index is 0.0533. The average molecular weight is 365 g/mol. The first-order valence-electron chi connectivity index (χ1n) is 8.25. The third-order valence-electron chi connectivity index (χ3n) is 4.40. The van der Waals surface area contributed by atoms with Crippen molar-refractivity contribution in [3.63, 3.8) is 0 Å². The molecule has 1 amide bonds. The van der Waals surface area contributed by atoms with E-state index < -0.39 is 23.2 Å². The van der Waals surface area contributed by atoms with Crippen molar-refractivity contribution < 1.29 is 18.0 Å². The van der Waals surface area contributed by atoms with Crippen LogP contribution in [0.15, 0.2) is 29.1 Å². The van der Waals surface area contributed by atoms with Crippen LogP contribution in [0.5, 0.6) is 0 Å². The summed E-state index contributed by atoms with van der Waals surface area (Å²) < 4.78 is 39.0. The van der Waals surface area contributed by atoms with Crippen LogP contribution >= 0.6 is 0 Å². The lowest BCUT2D eigenvalue weighted by Crippen LogP contribution is -2.26. The number of carbonyl (C=O) groups excluding carboxylic acids is 1. The van der Waals surface area contributed by atoms with Crippen molar-refractivity contribution in [3.05, 3.63) is 62.6 Å². The quantitative estimate of drug-likeness (QED) is 0.781. The molecule has 4 N–H and O–H groups in total. The van der Waals surface area contributed by atoms with Crippen molar-refractivity contribution in [2.24, 2.45) is 5.73 Å². The van der Waals surface area contributed by atoms with E-state index in [-0.39, 0.29) is 23.4 Å². The second-order valence-electron chi connectivity index (χ2n) is 6.30. The summed E-state index contributed by atoms with van der Waals surface area (Å²) in [5.74, 6) is -0.748. The van der Waals surface area contributed by atoms with Gasteiger partial charge in [-0.15, -0.1) is 0 Å². The number of anilines is 1. The highest BCUT2D eigenvalue weighted by Crippen LogP contribution is 2.32. The van der Waals surface area contributed by atoms with Gasteiger partial charge in [-0.1, -0.05) is 0 Å². The van der Waals surface area contributed by atoms with Crippen molar-refractivity contribution >= 4 is 11.6 Å². The maximum atomic E-state index is 13.0. The lowest BCUT2D eigenvalue weighted by Gasteiger charge is -2.16. The number of pyridine rings is 1. The van der Waals surface area contributed by atoms with Gasteiger partial charge in [0.1, 0.15) is 5.56 Å². The molecule has 0 spiro atoms. The molecule has 5 nitrogen and oxygen atoms in total. The van der Waals surface area contributed by atoms with E-state index in [9.17, 15) is 22.8 Å². The number of aryl methyl sites for hydroxylation is 2. The van der Waals surface area contributed by atoms with Gasteiger partial charge in [0.25, 0.3) is 11.5 Å². The molecule has 2 aromatic rings. The van der Waals surface area contributed by atoms with Gasteiger partial charge < -0.3 is 16.0 Å². The first kappa shape index (κ1) is 18.2. The highest BCUT2D eigenvalue weighted by molar-refractivity contribution is 6.04. The number of aromatic amines is 1. The molecule has 0 fully saturated rings. The lowest BCUT2D eigenvalue weighted by atomic mass is 9.95. The van der Waals surface area contributed by atoms with Crippen molar-refractivity contribution in [1.29, 1.82) is 0 Å². The third-order valence-corrected chi connectivity index (χ3v) is 4.40. The molecule has 1 aromatic carbocycles. The predicted molar refractivity (Wildman–Crippen MR) is 91.0 cm³/mol. The van der Waals surface area contributed by atoms with Gasteiger partial charge in [-0.2, -0.15) is 13.2 Å². The van der Waals surface area contributed by atoms with Gasteiger partial charge in [0.05, 0.1) is 5.56 Å². The SMILES string of the molecule is NCc1cc(NC(=O)c2cc3c([nH]c2=O)CCCC3)cc(C(F)(F)F)c1. The molecule has 1 aromatic heterocycles. The number of alkyl halides is 3. The third kappa shape index (κ3) is 3.80. The molecule has 0 bridgehead atoms. The first-order valence-corrected chi connectivity index (χ1v) is 8.25. The maximum Gasteiger partial charge on any atom is 0.416 e. The van der Waals surface area contributed by atoms with Gasteiger partial charge >= 0.3 is 6.18 Å². The molecule has 26 heavy (non-hydrogen) atoms. The fourth-order valence-corrected chi connectivity index (χ4v) is 3.09. The smallest absolute Gasteiger partial charge is 0.326 e. The number of hydrogen-bond acceptors (Lipinski definition) is 3. The maximum absolute atomic E-state index is 13.0. The molecule has 0 radical (unpaired) electrons. The normalized spacial score (nSPS) is 14.0. The highest BCUT2D eigenvalue weighted by atomic mass is 19.4. The second-order valence-corrected chi connectivity index (χ2v) is 6.30.